The fourth-order valence-corrected chi connectivity index (χ4v) is 2.14. The van der Waals surface area contributed by atoms with Gasteiger partial charge in [0.25, 0.3) is 0 Å². The fraction of sp³-hybridized carbons (Fsp3) is 0.462. The van der Waals surface area contributed by atoms with Crippen LogP contribution in [0.4, 0.5) is 0 Å². The normalized spacial score (nSPS) is 12.7. The lowest BCUT2D eigenvalue weighted by Crippen LogP contribution is -2.23. The Kier molecular flexibility index (Phi) is 3.72. The van der Waals surface area contributed by atoms with Crippen LogP contribution in [0.2, 0.25) is 0 Å². The fourth-order valence-electron chi connectivity index (χ4n) is 2.14. The van der Waals surface area contributed by atoms with Crippen molar-refractivity contribution >= 4 is 0 Å². The van der Waals surface area contributed by atoms with Crippen LogP contribution < -0.4 is 5.32 Å². The maximum absolute atomic E-state index is 4.42. The molecular weight excluding hydrogens is 226 g/mol. The van der Waals surface area contributed by atoms with Crippen LogP contribution in [0.3, 0.4) is 0 Å². The van der Waals surface area contributed by atoms with E-state index in [-0.39, 0.29) is 6.04 Å². The molecule has 0 bridgehead atoms. The average Bonchev–Trinajstić information content (AvgIpc) is 2.77. The molecule has 0 aliphatic heterocycles. The van der Waals surface area contributed by atoms with Crippen molar-refractivity contribution in [1.82, 2.24) is 25.1 Å². The molecule has 0 spiro atoms. The van der Waals surface area contributed by atoms with E-state index in [9.17, 15) is 0 Å². The van der Waals surface area contributed by atoms with Crippen molar-refractivity contribution in [3.8, 4) is 0 Å². The lowest BCUT2D eigenvalue weighted by molar-refractivity contribution is 0.604. The van der Waals surface area contributed by atoms with Crippen molar-refractivity contribution in [2.75, 3.05) is 7.05 Å². The molecule has 2 aromatic rings. The summed E-state index contributed by atoms with van der Waals surface area (Å²) in [4.78, 5) is 4.42. The molecule has 2 aromatic heterocycles. The summed E-state index contributed by atoms with van der Waals surface area (Å²) in [7, 11) is 3.94. The van der Waals surface area contributed by atoms with E-state index in [1.54, 1.807) is 0 Å². The Balaban J connectivity index is 2.51. The van der Waals surface area contributed by atoms with Gasteiger partial charge in [-0.2, -0.15) is 10.2 Å². The van der Waals surface area contributed by atoms with Crippen LogP contribution in [0.15, 0.2) is 18.5 Å². The lowest BCUT2D eigenvalue weighted by atomic mass is 10.0. The van der Waals surface area contributed by atoms with Gasteiger partial charge in [0, 0.05) is 25.0 Å². The first-order valence-corrected chi connectivity index (χ1v) is 6.15. The molecule has 1 atom stereocenters. The Morgan fingerprint density at radius 3 is 2.72 bits per heavy atom. The molecule has 0 aliphatic rings. The number of hydrogen-bond donors (Lipinski definition) is 1. The molecular formula is C13H19N5. The molecule has 5 heteroatoms. The highest BCUT2D eigenvalue weighted by molar-refractivity contribution is 5.29. The molecule has 2 heterocycles. The Labute approximate surface area is 107 Å². The summed E-state index contributed by atoms with van der Waals surface area (Å²) in [6.07, 6.45) is 4.63. The van der Waals surface area contributed by atoms with Gasteiger partial charge in [0.1, 0.15) is 5.82 Å². The van der Waals surface area contributed by atoms with Gasteiger partial charge in [-0.15, -0.1) is 0 Å². The molecule has 0 aromatic carbocycles. The van der Waals surface area contributed by atoms with E-state index in [0.29, 0.717) is 0 Å². The van der Waals surface area contributed by atoms with Gasteiger partial charge in [0.15, 0.2) is 0 Å². The van der Waals surface area contributed by atoms with E-state index >= 15 is 0 Å². The molecule has 1 unspecified atom stereocenters. The average molecular weight is 245 g/mol. The molecule has 18 heavy (non-hydrogen) atoms. The van der Waals surface area contributed by atoms with E-state index in [0.717, 1.165) is 29.2 Å². The summed E-state index contributed by atoms with van der Waals surface area (Å²) in [6, 6.07) is 2.14. The number of aryl methyl sites for hydroxylation is 3. The topological polar surface area (TPSA) is 55.6 Å². The monoisotopic (exact) mass is 245 g/mol. The number of nitrogens with zero attached hydrogens (tertiary/aromatic N) is 4. The van der Waals surface area contributed by atoms with Crippen LogP contribution in [0.25, 0.3) is 0 Å². The van der Waals surface area contributed by atoms with Crippen molar-refractivity contribution in [2.24, 2.45) is 7.05 Å². The van der Waals surface area contributed by atoms with E-state index in [4.69, 9.17) is 0 Å². The van der Waals surface area contributed by atoms with Gasteiger partial charge >= 0.3 is 0 Å². The van der Waals surface area contributed by atoms with Crippen LogP contribution in [-0.4, -0.2) is 26.8 Å². The molecule has 0 radical (unpaired) electrons. The minimum Gasteiger partial charge on any atom is -0.336 e. The summed E-state index contributed by atoms with van der Waals surface area (Å²) in [6.45, 7) is 4.05. The van der Waals surface area contributed by atoms with Gasteiger partial charge in [-0.3, -0.25) is 0 Å². The summed E-state index contributed by atoms with van der Waals surface area (Å²) in [5.41, 5.74) is 3.10. The summed E-state index contributed by atoms with van der Waals surface area (Å²) in [5.74, 6) is 0.986. The minimum absolute atomic E-state index is 0.0501. The Morgan fingerprint density at radius 1 is 1.39 bits per heavy atom. The minimum atomic E-state index is 0.0501. The predicted octanol–water partition coefficient (Wildman–Crippen LogP) is 1.39. The summed E-state index contributed by atoms with van der Waals surface area (Å²) < 4.78 is 2.02. The van der Waals surface area contributed by atoms with Crippen LogP contribution >= 0.6 is 0 Å². The molecule has 2 rings (SSSR count). The van der Waals surface area contributed by atoms with E-state index in [2.05, 4.69) is 33.5 Å². The first-order valence-electron chi connectivity index (χ1n) is 6.15. The third-order valence-corrected chi connectivity index (χ3v) is 3.08. The van der Waals surface area contributed by atoms with Crippen molar-refractivity contribution in [2.45, 2.75) is 26.3 Å². The van der Waals surface area contributed by atoms with Crippen LogP contribution in [0.5, 0.6) is 0 Å². The van der Waals surface area contributed by atoms with Crippen molar-refractivity contribution in [3.05, 3.63) is 41.2 Å². The zero-order valence-corrected chi connectivity index (χ0v) is 11.3. The van der Waals surface area contributed by atoms with Crippen molar-refractivity contribution < 1.29 is 0 Å². The Bertz CT molecular complexity index is 532. The van der Waals surface area contributed by atoms with Gasteiger partial charge in [0.2, 0.25) is 0 Å². The maximum atomic E-state index is 4.42. The zero-order valence-electron chi connectivity index (χ0n) is 11.3. The van der Waals surface area contributed by atoms with Gasteiger partial charge in [0.05, 0.1) is 17.4 Å². The van der Waals surface area contributed by atoms with Crippen LogP contribution in [0.1, 0.15) is 35.7 Å². The van der Waals surface area contributed by atoms with E-state index in [1.165, 1.54) is 0 Å². The second-order valence-electron chi connectivity index (χ2n) is 4.36. The third-order valence-electron chi connectivity index (χ3n) is 3.08. The van der Waals surface area contributed by atoms with Crippen molar-refractivity contribution in [1.29, 1.82) is 0 Å². The van der Waals surface area contributed by atoms with Crippen LogP contribution in [0, 0.1) is 6.92 Å². The molecule has 96 valence electrons. The summed E-state index contributed by atoms with van der Waals surface area (Å²) >= 11 is 0. The van der Waals surface area contributed by atoms with Gasteiger partial charge in [-0.25, -0.2) is 4.98 Å². The van der Waals surface area contributed by atoms with E-state index in [1.807, 2.05) is 38.0 Å². The third kappa shape index (κ3) is 2.26. The molecule has 0 saturated carbocycles. The smallest absolute Gasteiger partial charge is 0.130 e. The Morgan fingerprint density at radius 2 is 2.17 bits per heavy atom. The van der Waals surface area contributed by atoms with Gasteiger partial charge in [-0.1, -0.05) is 6.92 Å². The van der Waals surface area contributed by atoms with Gasteiger partial charge in [-0.05, 0) is 26.5 Å². The highest BCUT2D eigenvalue weighted by Crippen LogP contribution is 2.22. The molecule has 1 N–H and O–H groups in total. The first-order chi connectivity index (χ1) is 8.67. The second-order valence-corrected chi connectivity index (χ2v) is 4.36. The molecule has 0 amide bonds. The second kappa shape index (κ2) is 5.27. The molecule has 0 fully saturated rings. The Hall–Kier alpha value is -1.75. The number of nitrogens with one attached hydrogen (secondary N) is 1. The molecule has 5 nitrogen and oxygen atoms in total. The number of hydrogen-bond acceptors (Lipinski definition) is 4. The zero-order chi connectivity index (χ0) is 13.1. The quantitative estimate of drug-likeness (QED) is 0.884. The molecule has 0 aliphatic carbocycles. The first kappa shape index (κ1) is 12.7. The number of aromatic nitrogens is 4. The highest BCUT2D eigenvalue weighted by Gasteiger charge is 2.20. The van der Waals surface area contributed by atoms with Gasteiger partial charge < -0.3 is 9.88 Å². The highest BCUT2D eigenvalue weighted by atomic mass is 15.1. The maximum Gasteiger partial charge on any atom is 0.130 e. The van der Waals surface area contributed by atoms with Crippen LogP contribution in [-0.2, 0) is 13.5 Å². The lowest BCUT2D eigenvalue weighted by Gasteiger charge is -2.18. The number of rotatable bonds is 4. The standard InChI is InChI=1S/C13H19N5/c1-5-11-10(8-9(2)16-17-11)12(14-3)13-15-6-7-18(13)4/h6-8,12,14H,5H2,1-4H3. The number of imidazole rings is 1. The SMILES string of the molecule is CCc1nnc(C)cc1C(NC)c1nccn1C. The van der Waals surface area contributed by atoms with E-state index < -0.39 is 0 Å². The van der Waals surface area contributed by atoms with Crippen molar-refractivity contribution in [3.63, 3.8) is 0 Å². The molecule has 0 saturated heterocycles. The largest absolute Gasteiger partial charge is 0.336 e. The predicted molar refractivity (Wildman–Crippen MR) is 70.3 cm³/mol. The summed E-state index contributed by atoms with van der Waals surface area (Å²) in [5, 5.41) is 11.7.